The summed E-state index contributed by atoms with van der Waals surface area (Å²) in [5.74, 6) is -4.98. The number of nitrogens with one attached hydrogen (secondary N) is 1. The lowest BCUT2D eigenvalue weighted by molar-refractivity contribution is -0.113. The third-order valence-electron chi connectivity index (χ3n) is 4.52. The van der Waals surface area contributed by atoms with Gasteiger partial charge in [0.1, 0.15) is 11.5 Å². The van der Waals surface area contributed by atoms with Gasteiger partial charge in [-0.2, -0.15) is 12.8 Å². The minimum Gasteiger partial charge on any atom is -0.305 e. The van der Waals surface area contributed by atoms with Crippen molar-refractivity contribution >= 4 is 27.6 Å². The third-order valence-corrected chi connectivity index (χ3v) is 5.85. The predicted molar refractivity (Wildman–Crippen MR) is 91.9 cm³/mol. The maximum atomic E-state index is 13.4. The molecular weight excluding hydrogens is 385 g/mol. The number of carbonyl (C=O) groups is 1. The van der Waals surface area contributed by atoms with Crippen molar-refractivity contribution in [1.29, 1.82) is 0 Å². The Morgan fingerprint density at radius 2 is 1.96 bits per heavy atom. The van der Waals surface area contributed by atoms with E-state index in [0.717, 1.165) is 13.1 Å². The Morgan fingerprint density at radius 3 is 2.59 bits per heavy atom. The first kappa shape index (κ1) is 19.3. The summed E-state index contributed by atoms with van der Waals surface area (Å²) in [6, 6.07) is 3.77. The number of hydrogen-bond donors (Lipinski definition) is 1. The fourth-order valence-corrected chi connectivity index (χ4v) is 3.95. The summed E-state index contributed by atoms with van der Waals surface area (Å²) in [5.41, 5.74) is -0.177. The molecule has 0 aromatic carbocycles. The first-order valence-corrected chi connectivity index (χ1v) is 9.59. The van der Waals surface area contributed by atoms with Gasteiger partial charge < -0.3 is 5.32 Å². The Bertz CT molecular complexity index is 921. The molecule has 0 bridgehead atoms. The summed E-state index contributed by atoms with van der Waals surface area (Å²) in [7, 11) is -3.03. The summed E-state index contributed by atoms with van der Waals surface area (Å²) >= 11 is 0. The first-order chi connectivity index (χ1) is 12.6. The molecule has 0 saturated heterocycles. The van der Waals surface area contributed by atoms with Crippen LogP contribution in [0.25, 0.3) is 0 Å². The van der Waals surface area contributed by atoms with E-state index in [0.29, 0.717) is 4.31 Å². The summed E-state index contributed by atoms with van der Waals surface area (Å²) in [5, 5.41) is 2.32. The molecule has 3 rings (SSSR count). The minimum atomic E-state index is -4.17. The number of hydrogen-bond acceptors (Lipinski definition) is 4. The van der Waals surface area contributed by atoms with Crippen molar-refractivity contribution in [2.45, 2.75) is 31.6 Å². The number of alkyl halides is 2. The van der Waals surface area contributed by atoms with Gasteiger partial charge in [-0.05, 0) is 31.1 Å². The van der Waals surface area contributed by atoms with Gasteiger partial charge in [-0.15, -0.1) is 4.40 Å². The van der Waals surface area contributed by atoms with E-state index in [4.69, 9.17) is 0 Å². The van der Waals surface area contributed by atoms with Crippen LogP contribution < -0.4 is 5.32 Å². The van der Waals surface area contributed by atoms with Crippen LogP contribution in [0.15, 0.2) is 34.4 Å². The van der Waals surface area contributed by atoms with Crippen LogP contribution in [0.4, 0.5) is 19.0 Å². The molecule has 0 atom stereocenters. The molecule has 1 N–H and O–H groups in total. The summed E-state index contributed by atoms with van der Waals surface area (Å²) in [4.78, 5) is 16.0. The van der Waals surface area contributed by atoms with Gasteiger partial charge in [0.15, 0.2) is 0 Å². The third kappa shape index (κ3) is 4.29. The molecule has 1 aliphatic carbocycles. The molecule has 1 amide bonds. The summed E-state index contributed by atoms with van der Waals surface area (Å²) in [6.45, 7) is 0. The van der Waals surface area contributed by atoms with E-state index in [1.54, 1.807) is 0 Å². The normalized spacial score (nSPS) is 22.0. The van der Waals surface area contributed by atoms with Gasteiger partial charge in [0, 0.05) is 25.8 Å². The highest BCUT2D eigenvalue weighted by atomic mass is 32.2. The van der Waals surface area contributed by atoms with Crippen molar-refractivity contribution in [1.82, 2.24) is 9.29 Å². The van der Waals surface area contributed by atoms with Crippen LogP contribution in [-0.4, -0.2) is 42.3 Å². The molecule has 1 saturated carbocycles. The number of nitrogens with zero attached hydrogens (tertiary/aromatic N) is 3. The molecule has 27 heavy (non-hydrogen) atoms. The topological polar surface area (TPSA) is 91.7 Å². The number of aromatic nitrogens is 1. The molecule has 1 aromatic rings. The van der Waals surface area contributed by atoms with E-state index >= 15 is 0 Å². The average Bonchev–Trinajstić information content (AvgIpc) is 2.57. The van der Waals surface area contributed by atoms with Crippen molar-refractivity contribution in [2.75, 3.05) is 12.4 Å². The zero-order chi connectivity index (χ0) is 19.8. The lowest BCUT2D eigenvalue weighted by atomic mass is 9.83. The lowest BCUT2D eigenvalue weighted by Gasteiger charge is -2.31. The number of likely N-dealkylation sites (N-methyl/N-ethyl adjacent to an activating group) is 1. The van der Waals surface area contributed by atoms with E-state index in [1.165, 1.54) is 18.2 Å². The van der Waals surface area contributed by atoms with Crippen LogP contribution in [0.2, 0.25) is 0 Å². The SMILES string of the molecule is CN1C(C(=O)Nc2cccc(F)n2)=CC(C2CCC(F)(F)CC2)=NS1(=O)=O. The number of amides is 1. The van der Waals surface area contributed by atoms with Crippen LogP contribution >= 0.6 is 0 Å². The van der Waals surface area contributed by atoms with Crippen molar-refractivity contribution in [3.8, 4) is 0 Å². The highest BCUT2D eigenvalue weighted by Crippen LogP contribution is 2.38. The van der Waals surface area contributed by atoms with Crippen LogP contribution in [0.3, 0.4) is 0 Å². The average molecular weight is 402 g/mol. The maximum Gasteiger partial charge on any atom is 0.344 e. The number of allylic oxidation sites excluding steroid dienone is 1. The highest BCUT2D eigenvalue weighted by molar-refractivity contribution is 7.88. The van der Waals surface area contributed by atoms with E-state index in [9.17, 15) is 26.4 Å². The second-order valence-corrected chi connectivity index (χ2v) is 8.05. The van der Waals surface area contributed by atoms with Crippen LogP contribution in [0, 0.1) is 11.9 Å². The molecule has 11 heteroatoms. The van der Waals surface area contributed by atoms with Gasteiger partial charge in [0.05, 0.1) is 5.71 Å². The number of rotatable bonds is 3. The van der Waals surface area contributed by atoms with Crippen molar-refractivity contribution in [2.24, 2.45) is 10.3 Å². The van der Waals surface area contributed by atoms with Gasteiger partial charge in [-0.25, -0.2) is 18.1 Å². The largest absolute Gasteiger partial charge is 0.344 e. The Kier molecular flexibility index (Phi) is 4.98. The minimum absolute atomic E-state index is 0.0703. The standard InChI is InChI=1S/C16H17F3N4O3S/c1-23-12(15(24)21-14-4-2-3-13(17)20-14)9-11(22-27(23,25)26)10-5-7-16(18,19)8-6-10/h2-4,9-10H,5-8H2,1H3,(H,20,21,24). The van der Waals surface area contributed by atoms with Crippen LogP contribution in [0.1, 0.15) is 25.7 Å². The quantitative estimate of drug-likeness (QED) is 0.787. The van der Waals surface area contributed by atoms with Crippen LogP contribution in [-0.2, 0) is 15.0 Å². The number of pyridine rings is 1. The number of halogens is 3. The lowest BCUT2D eigenvalue weighted by Crippen LogP contribution is -2.38. The van der Waals surface area contributed by atoms with Crippen molar-refractivity contribution < 1.29 is 26.4 Å². The fraction of sp³-hybridized carbons (Fsp3) is 0.438. The molecular formula is C16H17F3N4O3S. The smallest absolute Gasteiger partial charge is 0.305 e. The van der Waals surface area contributed by atoms with E-state index < -0.39 is 33.9 Å². The van der Waals surface area contributed by atoms with E-state index in [2.05, 4.69) is 14.7 Å². The van der Waals surface area contributed by atoms with Crippen molar-refractivity contribution in [3.63, 3.8) is 0 Å². The Labute approximate surface area is 154 Å². The first-order valence-electron chi connectivity index (χ1n) is 8.19. The summed E-state index contributed by atoms with van der Waals surface area (Å²) < 4.78 is 68.8. The maximum absolute atomic E-state index is 13.4. The summed E-state index contributed by atoms with van der Waals surface area (Å²) in [6.07, 6.45) is 0.679. The molecule has 0 unspecified atom stereocenters. The zero-order valence-corrected chi connectivity index (χ0v) is 15.1. The molecule has 1 aromatic heterocycles. The van der Waals surface area contributed by atoms with Gasteiger partial charge in [-0.1, -0.05) is 6.07 Å². The molecule has 1 fully saturated rings. The van der Waals surface area contributed by atoms with Gasteiger partial charge >= 0.3 is 10.2 Å². The molecule has 2 heterocycles. The van der Waals surface area contributed by atoms with Gasteiger partial charge in [0.2, 0.25) is 11.9 Å². The van der Waals surface area contributed by atoms with Crippen LogP contribution in [0.5, 0.6) is 0 Å². The van der Waals surface area contributed by atoms with Gasteiger partial charge in [0.25, 0.3) is 5.91 Å². The Morgan fingerprint density at radius 1 is 1.30 bits per heavy atom. The molecule has 0 spiro atoms. The van der Waals surface area contributed by atoms with E-state index in [-0.39, 0.29) is 42.9 Å². The van der Waals surface area contributed by atoms with Gasteiger partial charge in [-0.3, -0.25) is 4.79 Å². The zero-order valence-electron chi connectivity index (χ0n) is 14.3. The van der Waals surface area contributed by atoms with E-state index in [1.807, 2.05) is 0 Å². The number of carbonyl (C=O) groups excluding carboxylic acids is 1. The fourth-order valence-electron chi connectivity index (χ4n) is 2.97. The molecule has 7 nitrogen and oxygen atoms in total. The monoisotopic (exact) mass is 402 g/mol. The molecule has 146 valence electrons. The Hall–Kier alpha value is -2.43. The molecule has 1 aliphatic heterocycles. The molecule has 0 radical (unpaired) electrons. The second-order valence-electron chi connectivity index (χ2n) is 6.42. The molecule has 2 aliphatic rings. The predicted octanol–water partition coefficient (Wildman–Crippen LogP) is 2.50. The second kappa shape index (κ2) is 6.95. The Balaban J connectivity index is 1.86. The van der Waals surface area contributed by atoms with Crippen molar-refractivity contribution in [3.05, 3.63) is 35.9 Å². The number of anilines is 1. The highest BCUT2D eigenvalue weighted by Gasteiger charge is 2.39.